The van der Waals surface area contributed by atoms with E-state index in [-0.39, 0.29) is 75.4 Å². The first kappa shape index (κ1) is 25.5. The van der Waals surface area contributed by atoms with E-state index in [0.29, 0.717) is 0 Å². The van der Waals surface area contributed by atoms with Gasteiger partial charge in [-0.3, -0.25) is 0 Å². The minimum atomic E-state index is 0. The number of hydrogen-bond donors (Lipinski definition) is 0. The van der Waals surface area contributed by atoms with Crippen molar-refractivity contribution in [1.82, 2.24) is 0 Å². The van der Waals surface area contributed by atoms with Crippen molar-refractivity contribution in [1.29, 1.82) is 0 Å². The van der Waals surface area contributed by atoms with Gasteiger partial charge in [0.25, 0.3) is 0 Å². The van der Waals surface area contributed by atoms with Gasteiger partial charge in [-0.25, -0.2) is 39.2 Å². The van der Waals surface area contributed by atoms with Gasteiger partial charge in [-0.1, -0.05) is 6.07 Å². The van der Waals surface area contributed by atoms with Gasteiger partial charge in [-0.2, -0.15) is 36.2 Å². The van der Waals surface area contributed by atoms with E-state index in [1.165, 1.54) is 32.7 Å². The summed E-state index contributed by atoms with van der Waals surface area (Å²) in [6.07, 6.45) is 2.28. The quantitative estimate of drug-likeness (QED) is 0.255. The minimum absolute atomic E-state index is 0. The second-order valence-corrected chi connectivity index (χ2v) is 5.48. The number of fused-ring (bicyclic) bond motifs is 2. The standard InChI is InChI=1S/C22H16.4Li/c1-2-8-17(9-3-1)16-22-20-12-6-4-10-18(20)14-15-19-11-5-7-13-21(19)22;;;;/h1-16H;;;;/q-4;4*+1. The monoisotopic (exact) mass is 308 g/mol. The molecule has 4 aromatic rings. The molecule has 4 aromatic carbocycles. The van der Waals surface area contributed by atoms with E-state index >= 15 is 0 Å². The molecule has 0 saturated heterocycles. The molecule has 0 saturated carbocycles. The van der Waals surface area contributed by atoms with Crippen LogP contribution in [0.25, 0.3) is 21.5 Å². The largest absolute Gasteiger partial charge is 1.00 e. The molecular weight excluding hydrogens is 292 g/mol. The molecule has 108 valence electrons. The van der Waals surface area contributed by atoms with Crippen LogP contribution in [0.4, 0.5) is 0 Å². The third kappa shape index (κ3) is 5.52. The van der Waals surface area contributed by atoms with Crippen LogP contribution >= 0.6 is 0 Å². The van der Waals surface area contributed by atoms with Crippen LogP contribution in [-0.4, -0.2) is 0 Å². The molecule has 0 spiro atoms. The number of rotatable bonds is 2. The Balaban J connectivity index is 0.00000156. The summed E-state index contributed by atoms with van der Waals surface area (Å²) in [6, 6.07) is 32.1. The van der Waals surface area contributed by atoms with Crippen LogP contribution < -0.4 is 75.4 Å². The molecule has 0 aliphatic heterocycles. The van der Waals surface area contributed by atoms with Crippen LogP contribution in [0, 0.1) is 6.42 Å². The molecule has 4 rings (SSSR count). The molecule has 0 N–H and O–H groups in total. The zero-order valence-electron chi connectivity index (χ0n) is 16.2. The van der Waals surface area contributed by atoms with E-state index in [2.05, 4.69) is 97.4 Å². The Morgan fingerprint density at radius 2 is 0.962 bits per heavy atom. The summed E-state index contributed by atoms with van der Waals surface area (Å²) in [4.78, 5) is 0. The maximum atomic E-state index is 2.28. The topological polar surface area (TPSA) is 0 Å². The SMILES string of the molecule is [Li+].[Li+].[Li+].[Li+].c1ccc([CH-][c-]2c3ccccc3[cH-][cH-]c3ccccc32)cc1. The first-order chi connectivity index (χ1) is 10.9. The normalized spacial score (nSPS) is 9.08. The van der Waals surface area contributed by atoms with Crippen molar-refractivity contribution >= 4 is 21.5 Å². The molecule has 0 aromatic heterocycles. The Bertz CT molecular complexity index is 901. The Morgan fingerprint density at radius 3 is 1.46 bits per heavy atom. The summed E-state index contributed by atoms with van der Waals surface area (Å²) in [5, 5.41) is 5.10. The molecule has 0 nitrogen and oxygen atoms in total. The molecule has 0 atom stereocenters. The van der Waals surface area contributed by atoms with E-state index in [1.54, 1.807) is 0 Å². The molecule has 0 amide bonds. The van der Waals surface area contributed by atoms with Crippen LogP contribution in [0.1, 0.15) is 11.1 Å². The van der Waals surface area contributed by atoms with Gasteiger partial charge in [0.05, 0.1) is 0 Å². The smallest absolute Gasteiger partial charge is 0.228 e. The molecule has 0 radical (unpaired) electrons. The third-order valence-electron chi connectivity index (χ3n) is 4.05. The molecule has 0 unspecified atom stereocenters. The first-order valence-electron chi connectivity index (χ1n) is 7.55. The summed E-state index contributed by atoms with van der Waals surface area (Å²) in [5.41, 5.74) is 2.51. The van der Waals surface area contributed by atoms with Crippen molar-refractivity contribution in [2.24, 2.45) is 0 Å². The summed E-state index contributed by atoms with van der Waals surface area (Å²) in [7, 11) is 0. The molecule has 4 heteroatoms. The molecule has 0 aliphatic rings. The zero-order valence-corrected chi connectivity index (χ0v) is 16.2. The third-order valence-corrected chi connectivity index (χ3v) is 4.05. The predicted octanol–water partition coefficient (Wildman–Crippen LogP) is -6.11. The second kappa shape index (κ2) is 12.1. The van der Waals surface area contributed by atoms with Gasteiger partial charge in [-0.05, 0) is 0 Å². The average molecular weight is 308 g/mol. The zero-order chi connectivity index (χ0) is 14.8. The maximum Gasteiger partial charge on any atom is 1.00 e. The summed E-state index contributed by atoms with van der Waals surface area (Å²) in [5.74, 6) is 0. The average Bonchev–Trinajstić information content (AvgIpc) is 2.74. The van der Waals surface area contributed by atoms with Gasteiger partial charge in [0.1, 0.15) is 0 Å². The van der Waals surface area contributed by atoms with Gasteiger partial charge in [0.15, 0.2) is 0 Å². The van der Waals surface area contributed by atoms with Crippen molar-refractivity contribution in [3.8, 4) is 0 Å². The van der Waals surface area contributed by atoms with E-state index in [0.717, 1.165) is 0 Å². The van der Waals surface area contributed by atoms with E-state index in [4.69, 9.17) is 0 Å². The Kier molecular flexibility index (Phi) is 11.9. The van der Waals surface area contributed by atoms with Crippen molar-refractivity contribution < 1.29 is 75.4 Å². The fourth-order valence-corrected chi connectivity index (χ4v) is 2.97. The molecule has 0 fully saturated rings. The Morgan fingerprint density at radius 1 is 0.538 bits per heavy atom. The van der Waals surface area contributed by atoms with Crippen LogP contribution in [0.2, 0.25) is 0 Å². The van der Waals surface area contributed by atoms with Crippen molar-refractivity contribution in [2.45, 2.75) is 0 Å². The maximum absolute atomic E-state index is 2.28. The summed E-state index contributed by atoms with van der Waals surface area (Å²) < 4.78 is 0. The van der Waals surface area contributed by atoms with E-state index < -0.39 is 0 Å². The predicted molar refractivity (Wildman–Crippen MR) is 94.8 cm³/mol. The van der Waals surface area contributed by atoms with E-state index in [1.807, 2.05) is 0 Å². The van der Waals surface area contributed by atoms with Gasteiger partial charge >= 0.3 is 75.4 Å². The van der Waals surface area contributed by atoms with Crippen molar-refractivity contribution in [3.63, 3.8) is 0 Å². The molecule has 26 heavy (non-hydrogen) atoms. The molecule has 0 bridgehead atoms. The van der Waals surface area contributed by atoms with Gasteiger partial charge in [0, 0.05) is 0 Å². The van der Waals surface area contributed by atoms with Crippen molar-refractivity contribution in [2.75, 3.05) is 0 Å². The van der Waals surface area contributed by atoms with Crippen LogP contribution in [-0.2, 0) is 0 Å². The number of hydrogen-bond acceptors (Lipinski definition) is 0. The summed E-state index contributed by atoms with van der Waals surface area (Å²) in [6.45, 7) is 0. The van der Waals surface area contributed by atoms with Crippen LogP contribution in [0.3, 0.4) is 0 Å². The fourth-order valence-electron chi connectivity index (χ4n) is 2.97. The molecule has 0 heterocycles. The molecular formula is C22H16Li4. The van der Waals surface area contributed by atoms with Crippen LogP contribution in [0.5, 0.6) is 0 Å². The van der Waals surface area contributed by atoms with Gasteiger partial charge in [-0.15, -0.1) is 48.5 Å². The van der Waals surface area contributed by atoms with Gasteiger partial charge < -0.3 is 0 Å². The minimum Gasteiger partial charge on any atom is -0.228 e. The number of benzene rings is 3. The molecule has 0 aliphatic carbocycles. The van der Waals surface area contributed by atoms with Crippen LogP contribution in [0.15, 0.2) is 91.0 Å². The fraction of sp³-hybridized carbons (Fsp3) is 0. The first-order valence-corrected chi connectivity index (χ1v) is 7.55. The second-order valence-electron chi connectivity index (χ2n) is 5.48. The Labute approximate surface area is 203 Å². The van der Waals surface area contributed by atoms with E-state index in [9.17, 15) is 0 Å². The Hall–Kier alpha value is -0.470. The van der Waals surface area contributed by atoms with Gasteiger partial charge in [0.2, 0.25) is 0 Å². The summed E-state index contributed by atoms with van der Waals surface area (Å²) >= 11 is 0. The van der Waals surface area contributed by atoms with Crippen molar-refractivity contribution in [3.05, 3.63) is 109 Å².